The highest BCUT2D eigenvalue weighted by Gasteiger charge is 2.33. The zero-order valence-corrected chi connectivity index (χ0v) is 28.5. The maximum atomic E-state index is 13.9. The molecule has 3 aromatic carbocycles. The van der Waals surface area contributed by atoms with Crippen molar-refractivity contribution in [3.8, 4) is 0 Å². The van der Waals surface area contributed by atoms with Crippen LogP contribution in [0.25, 0.3) is 10.9 Å². The van der Waals surface area contributed by atoms with E-state index < -0.39 is 45.4 Å². The number of benzene rings is 3. The topological polar surface area (TPSA) is 141 Å². The van der Waals surface area contributed by atoms with Crippen molar-refractivity contribution in [2.75, 3.05) is 23.7 Å². The van der Waals surface area contributed by atoms with E-state index in [9.17, 15) is 31.5 Å². The molecule has 0 bridgehead atoms. The number of carbonyl (C=O) groups excluding carboxylic acids is 1. The predicted molar refractivity (Wildman–Crippen MR) is 182 cm³/mol. The van der Waals surface area contributed by atoms with Gasteiger partial charge in [0.25, 0.3) is 12.4 Å². The first kappa shape index (κ1) is 37.4. The Hall–Kier alpha value is -4.40. The van der Waals surface area contributed by atoms with Gasteiger partial charge in [-0.15, -0.1) is 0 Å². The van der Waals surface area contributed by atoms with E-state index in [4.69, 9.17) is 9.90 Å². The molecule has 1 aliphatic heterocycles. The van der Waals surface area contributed by atoms with E-state index in [0.717, 1.165) is 34.2 Å². The first-order valence-corrected chi connectivity index (χ1v) is 17.3. The molecule has 49 heavy (non-hydrogen) atoms. The third-order valence-corrected chi connectivity index (χ3v) is 10.5. The number of carbonyl (C=O) groups is 2. The molecule has 2 heterocycles. The average molecular weight is 703 g/mol. The summed E-state index contributed by atoms with van der Waals surface area (Å²) in [5.74, 6) is -0.554. The van der Waals surface area contributed by atoms with E-state index in [-0.39, 0.29) is 30.8 Å². The number of nitrogens with one attached hydrogen (secondary N) is 2. The SMILES string of the molecule is CCc1cn2c3c(cc(C(=O)N[C@@H](Cc4ccccc4)[C@H](O)CNC(C)(C)c4cccc(C(F)(F)F)c4)cc13)N(C)S(=O)(=O)CC2.O=CO. The smallest absolute Gasteiger partial charge is 0.416 e. The minimum atomic E-state index is -4.49. The highest BCUT2D eigenvalue weighted by molar-refractivity contribution is 7.92. The van der Waals surface area contributed by atoms with Crippen molar-refractivity contribution in [2.45, 2.75) is 64.0 Å². The summed E-state index contributed by atoms with van der Waals surface area (Å²) >= 11 is 0. The van der Waals surface area contributed by atoms with Crippen LogP contribution in [0.4, 0.5) is 18.9 Å². The van der Waals surface area contributed by atoms with Crippen molar-refractivity contribution in [3.63, 3.8) is 0 Å². The zero-order chi connectivity index (χ0) is 36.1. The molecule has 4 N–H and O–H groups in total. The van der Waals surface area contributed by atoms with Gasteiger partial charge in [0.1, 0.15) is 0 Å². The van der Waals surface area contributed by atoms with Crippen molar-refractivity contribution in [1.82, 2.24) is 15.2 Å². The number of aryl methyl sites for hydroxylation is 2. The summed E-state index contributed by atoms with van der Waals surface area (Å²) in [6, 6.07) is 16.9. The van der Waals surface area contributed by atoms with E-state index in [1.165, 1.54) is 17.4 Å². The number of aliphatic hydroxyl groups is 1. The summed E-state index contributed by atoms with van der Waals surface area (Å²) in [5.41, 5.74) is 1.96. The highest BCUT2D eigenvalue weighted by Crippen LogP contribution is 2.36. The van der Waals surface area contributed by atoms with Crippen molar-refractivity contribution >= 4 is 39.0 Å². The molecular formula is C35H41F3N4O6S. The number of alkyl halides is 3. The summed E-state index contributed by atoms with van der Waals surface area (Å²) in [5, 5.41) is 25.2. The molecule has 264 valence electrons. The number of halogens is 3. The number of nitrogens with zero attached hydrogens (tertiary/aromatic N) is 2. The molecular weight excluding hydrogens is 661 g/mol. The molecule has 10 nitrogen and oxygen atoms in total. The lowest BCUT2D eigenvalue weighted by Crippen LogP contribution is -2.51. The summed E-state index contributed by atoms with van der Waals surface area (Å²) < 4.78 is 69.2. The van der Waals surface area contributed by atoms with Gasteiger partial charge in [0.2, 0.25) is 10.0 Å². The van der Waals surface area contributed by atoms with Gasteiger partial charge in [0, 0.05) is 42.8 Å². The first-order chi connectivity index (χ1) is 23.0. The number of rotatable bonds is 10. The van der Waals surface area contributed by atoms with Gasteiger partial charge in [0.15, 0.2) is 0 Å². The first-order valence-electron chi connectivity index (χ1n) is 15.7. The standard InChI is InChI=1S/C34H39F3N4O4S.CH2O2/c1-5-23-21-41-14-15-46(44,45)40(4)29-18-24(17-27(23)31(29)41)32(43)39-28(16-22-10-7-6-8-11-22)30(42)20-38-33(2,3)25-12-9-13-26(19-25)34(35,36)37;2-1-3/h6-13,17-19,21,28,30,38,42H,5,14-16,20H2,1-4H3,(H,39,43);1H,(H,2,3)/t28-,30+;/m0./s1. The van der Waals surface area contributed by atoms with E-state index >= 15 is 0 Å². The monoisotopic (exact) mass is 702 g/mol. The van der Waals surface area contributed by atoms with Crippen LogP contribution in [0, 0.1) is 0 Å². The molecule has 0 aliphatic carbocycles. The van der Waals surface area contributed by atoms with Gasteiger partial charge in [-0.3, -0.25) is 13.9 Å². The van der Waals surface area contributed by atoms with Crippen LogP contribution in [0.3, 0.4) is 0 Å². The second-order valence-corrected chi connectivity index (χ2v) is 14.5. The van der Waals surface area contributed by atoms with E-state index in [2.05, 4.69) is 10.6 Å². The maximum absolute atomic E-state index is 13.9. The van der Waals surface area contributed by atoms with Crippen molar-refractivity contribution in [3.05, 3.63) is 101 Å². The molecule has 2 atom stereocenters. The largest absolute Gasteiger partial charge is 0.483 e. The lowest BCUT2D eigenvalue weighted by molar-refractivity contribution is -0.137. The van der Waals surface area contributed by atoms with Crippen LogP contribution in [0.1, 0.15) is 53.4 Å². The molecule has 4 aromatic rings. The fraction of sp³-hybridized carbons (Fsp3) is 0.371. The molecule has 0 unspecified atom stereocenters. The Morgan fingerprint density at radius 3 is 2.33 bits per heavy atom. The van der Waals surface area contributed by atoms with Crippen LogP contribution >= 0.6 is 0 Å². The fourth-order valence-corrected chi connectivity index (χ4v) is 7.05. The van der Waals surface area contributed by atoms with Crippen LogP contribution in [-0.2, 0) is 45.9 Å². The maximum Gasteiger partial charge on any atom is 0.416 e. The Morgan fingerprint density at radius 1 is 1.04 bits per heavy atom. The summed E-state index contributed by atoms with van der Waals surface area (Å²) in [6.45, 7) is 5.47. The normalized spacial score (nSPS) is 15.5. The summed E-state index contributed by atoms with van der Waals surface area (Å²) in [6.07, 6.45) is -2.72. The van der Waals surface area contributed by atoms with Crippen molar-refractivity contribution in [2.24, 2.45) is 0 Å². The molecule has 1 aromatic heterocycles. The summed E-state index contributed by atoms with van der Waals surface area (Å²) in [4.78, 5) is 22.2. The van der Waals surface area contributed by atoms with E-state index in [1.54, 1.807) is 32.0 Å². The van der Waals surface area contributed by atoms with Gasteiger partial charge in [-0.05, 0) is 67.6 Å². The van der Waals surface area contributed by atoms with Crippen molar-refractivity contribution in [1.29, 1.82) is 0 Å². The fourth-order valence-electron chi connectivity index (χ4n) is 5.91. The van der Waals surface area contributed by atoms with E-state index in [0.29, 0.717) is 24.2 Å². The van der Waals surface area contributed by atoms with Crippen LogP contribution in [0.5, 0.6) is 0 Å². The molecule has 5 rings (SSSR count). The van der Waals surface area contributed by atoms with Gasteiger partial charge < -0.3 is 25.4 Å². The third kappa shape index (κ3) is 8.61. The Bertz CT molecular complexity index is 1890. The Labute approximate surface area is 283 Å². The Kier molecular flexibility index (Phi) is 11.5. The Balaban J connectivity index is 0.00000174. The molecule has 0 spiro atoms. The molecule has 0 radical (unpaired) electrons. The number of anilines is 1. The predicted octanol–water partition coefficient (Wildman–Crippen LogP) is 4.93. The minimum Gasteiger partial charge on any atom is -0.483 e. The molecule has 0 saturated heterocycles. The number of aromatic nitrogens is 1. The zero-order valence-electron chi connectivity index (χ0n) is 27.7. The number of amides is 1. The number of sulfonamides is 1. The third-order valence-electron chi connectivity index (χ3n) is 8.77. The van der Waals surface area contributed by atoms with Gasteiger partial charge in [0.05, 0.1) is 34.7 Å². The second-order valence-electron chi connectivity index (χ2n) is 12.4. The van der Waals surface area contributed by atoms with Gasteiger partial charge >= 0.3 is 6.18 Å². The van der Waals surface area contributed by atoms with Gasteiger partial charge in [-0.2, -0.15) is 13.2 Å². The molecule has 0 fully saturated rings. The van der Waals surface area contributed by atoms with Gasteiger partial charge in [-0.1, -0.05) is 49.4 Å². The Morgan fingerprint density at radius 2 is 1.69 bits per heavy atom. The lowest BCUT2D eigenvalue weighted by atomic mass is 9.92. The minimum absolute atomic E-state index is 0.0326. The molecule has 1 amide bonds. The second kappa shape index (κ2) is 15.0. The van der Waals surface area contributed by atoms with Gasteiger partial charge in [-0.25, -0.2) is 8.42 Å². The molecule has 0 saturated carbocycles. The van der Waals surface area contributed by atoms with Crippen LogP contribution in [0.15, 0.2) is 72.9 Å². The number of aliphatic hydroxyl groups excluding tert-OH is 1. The van der Waals surface area contributed by atoms with Crippen LogP contribution < -0.4 is 14.9 Å². The summed E-state index contributed by atoms with van der Waals surface area (Å²) in [7, 11) is -2.12. The van der Waals surface area contributed by atoms with E-state index in [1.807, 2.05) is 48.0 Å². The quantitative estimate of drug-likeness (QED) is 0.172. The molecule has 1 aliphatic rings. The lowest BCUT2D eigenvalue weighted by Gasteiger charge is -2.31. The number of carboxylic acid groups (broad SMARTS) is 1. The van der Waals surface area contributed by atoms with Crippen LogP contribution in [-0.4, -0.2) is 67.1 Å². The van der Waals surface area contributed by atoms with Crippen molar-refractivity contribution < 1.29 is 41.4 Å². The average Bonchev–Trinajstić information content (AvgIpc) is 3.39. The number of hydrogen-bond acceptors (Lipinski definition) is 6. The highest BCUT2D eigenvalue weighted by atomic mass is 32.2. The molecule has 14 heteroatoms. The van der Waals surface area contributed by atoms with Crippen LogP contribution in [0.2, 0.25) is 0 Å². The number of hydrogen-bond donors (Lipinski definition) is 4.